The Morgan fingerprint density at radius 1 is 1.33 bits per heavy atom. The topological polar surface area (TPSA) is 52.6 Å². The van der Waals surface area contributed by atoms with Crippen LogP contribution in [0.2, 0.25) is 0 Å². The Labute approximate surface area is 137 Å². The summed E-state index contributed by atoms with van der Waals surface area (Å²) in [5, 5.41) is 2.52. The van der Waals surface area contributed by atoms with Gasteiger partial charge in [0.25, 0.3) is 0 Å². The lowest BCUT2D eigenvalue weighted by atomic mass is 10.1. The molecule has 128 valence electrons. The first kappa shape index (κ1) is 17.7. The average Bonchev–Trinajstić information content (AvgIpc) is 2.53. The predicted octanol–water partition coefficient (Wildman–Crippen LogP) is 1.54. The highest BCUT2D eigenvalue weighted by atomic mass is 19.4. The summed E-state index contributed by atoms with van der Waals surface area (Å²) in [6.45, 7) is 0.871. The van der Waals surface area contributed by atoms with Crippen LogP contribution in [-0.2, 0) is 11.0 Å². The highest BCUT2D eigenvalue weighted by Gasteiger charge is 2.30. The number of benzene rings is 1. The molecule has 3 amide bonds. The van der Waals surface area contributed by atoms with Gasteiger partial charge in [-0.25, -0.2) is 4.79 Å². The Balaban J connectivity index is 1.88. The van der Waals surface area contributed by atoms with E-state index < -0.39 is 17.8 Å². The second kappa shape index (κ2) is 7.25. The van der Waals surface area contributed by atoms with E-state index in [1.165, 1.54) is 21.9 Å². The third-order valence-corrected chi connectivity index (χ3v) is 3.50. The van der Waals surface area contributed by atoms with E-state index in [0.717, 1.165) is 12.1 Å². The molecule has 8 heteroatoms. The van der Waals surface area contributed by atoms with Crippen LogP contribution in [0, 0.1) is 11.8 Å². The number of piperazine rings is 1. The van der Waals surface area contributed by atoms with Crippen molar-refractivity contribution in [2.45, 2.75) is 6.18 Å². The smallest absolute Gasteiger partial charge is 0.342 e. The molecule has 1 N–H and O–H groups in total. The van der Waals surface area contributed by atoms with Gasteiger partial charge in [-0.1, -0.05) is 17.9 Å². The van der Waals surface area contributed by atoms with Gasteiger partial charge in [-0.3, -0.25) is 4.79 Å². The van der Waals surface area contributed by atoms with Gasteiger partial charge < -0.3 is 15.1 Å². The molecule has 0 radical (unpaired) electrons. The fourth-order valence-electron chi connectivity index (χ4n) is 2.08. The van der Waals surface area contributed by atoms with Gasteiger partial charge in [-0.15, -0.1) is 0 Å². The number of hydrogen-bond acceptors (Lipinski definition) is 2. The number of alkyl halides is 3. The van der Waals surface area contributed by atoms with Gasteiger partial charge in [-0.2, -0.15) is 13.2 Å². The van der Waals surface area contributed by atoms with Crippen molar-refractivity contribution < 1.29 is 22.8 Å². The molecule has 1 fully saturated rings. The lowest BCUT2D eigenvalue weighted by Gasteiger charge is -2.31. The molecule has 0 aliphatic carbocycles. The molecule has 0 unspecified atom stereocenters. The minimum absolute atomic E-state index is 0.00336. The van der Waals surface area contributed by atoms with Crippen LogP contribution < -0.4 is 5.32 Å². The van der Waals surface area contributed by atoms with Gasteiger partial charge in [-0.05, 0) is 18.2 Å². The normalized spacial score (nSPS) is 14.9. The molecule has 1 saturated heterocycles. The number of amides is 3. The minimum atomic E-state index is -4.42. The fourth-order valence-corrected chi connectivity index (χ4v) is 2.08. The monoisotopic (exact) mass is 339 g/mol. The Kier molecular flexibility index (Phi) is 5.34. The fraction of sp³-hybridized carbons (Fsp3) is 0.375. The quantitative estimate of drug-likeness (QED) is 0.789. The van der Waals surface area contributed by atoms with Crippen molar-refractivity contribution in [2.75, 3.05) is 33.2 Å². The van der Waals surface area contributed by atoms with Crippen LogP contribution in [0.1, 0.15) is 11.1 Å². The number of nitrogens with one attached hydrogen (secondary N) is 1. The van der Waals surface area contributed by atoms with Gasteiger partial charge in [0.1, 0.15) is 6.54 Å². The van der Waals surface area contributed by atoms with Crippen molar-refractivity contribution in [3.05, 3.63) is 35.4 Å². The zero-order chi connectivity index (χ0) is 17.7. The first-order valence-corrected chi connectivity index (χ1v) is 7.20. The third kappa shape index (κ3) is 4.65. The van der Waals surface area contributed by atoms with E-state index in [4.69, 9.17) is 0 Å². The zero-order valence-corrected chi connectivity index (χ0v) is 13.0. The van der Waals surface area contributed by atoms with E-state index in [1.807, 2.05) is 0 Å². The van der Waals surface area contributed by atoms with Gasteiger partial charge in [0.05, 0.1) is 12.1 Å². The molecule has 0 aromatic heterocycles. The Morgan fingerprint density at radius 2 is 2.08 bits per heavy atom. The van der Waals surface area contributed by atoms with Crippen molar-refractivity contribution in [1.82, 2.24) is 15.1 Å². The Hall–Kier alpha value is -2.69. The summed E-state index contributed by atoms with van der Waals surface area (Å²) in [5.74, 6) is 5.03. The molecule has 5 nitrogen and oxygen atoms in total. The number of likely N-dealkylation sites (N-methyl/N-ethyl adjacent to an activating group) is 1. The summed E-state index contributed by atoms with van der Waals surface area (Å²) in [5.41, 5.74) is -0.553. The number of carbonyl (C=O) groups excluding carboxylic acids is 2. The van der Waals surface area contributed by atoms with Crippen LogP contribution in [0.3, 0.4) is 0 Å². The standard InChI is InChI=1S/C16H16F3N3O2/c1-21-8-9-22(11-14(21)23)15(24)20-7-3-5-12-4-2-6-13(10-12)16(17,18)19/h2,4,6,10H,7-9,11H2,1H3,(H,20,24). The lowest BCUT2D eigenvalue weighted by molar-refractivity contribution is -0.137. The molecule has 1 aliphatic heterocycles. The largest absolute Gasteiger partial charge is 0.416 e. The van der Waals surface area contributed by atoms with Gasteiger partial charge in [0.15, 0.2) is 0 Å². The predicted molar refractivity (Wildman–Crippen MR) is 80.9 cm³/mol. The van der Waals surface area contributed by atoms with Crippen molar-refractivity contribution in [1.29, 1.82) is 0 Å². The maximum Gasteiger partial charge on any atom is 0.416 e. The summed E-state index contributed by atoms with van der Waals surface area (Å²) in [4.78, 5) is 26.3. The molecule has 24 heavy (non-hydrogen) atoms. The van der Waals surface area contributed by atoms with Crippen LogP contribution in [0.25, 0.3) is 0 Å². The maximum atomic E-state index is 12.6. The second-order valence-corrected chi connectivity index (χ2v) is 5.28. The van der Waals surface area contributed by atoms with Crippen molar-refractivity contribution >= 4 is 11.9 Å². The van der Waals surface area contributed by atoms with E-state index in [0.29, 0.717) is 13.1 Å². The van der Waals surface area contributed by atoms with E-state index in [1.54, 1.807) is 7.05 Å². The number of halogens is 3. The SMILES string of the molecule is CN1CCN(C(=O)NCC#Cc2cccc(C(F)(F)F)c2)CC1=O. The van der Waals surface area contributed by atoms with Gasteiger partial charge >= 0.3 is 12.2 Å². The number of hydrogen-bond donors (Lipinski definition) is 1. The van der Waals surface area contributed by atoms with Crippen LogP contribution in [0.4, 0.5) is 18.0 Å². The highest BCUT2D eigenvalue weighted by Crippen LogP contribution is 2.29. The van der Waals surface area contributed by atoms with E-state index in [9.17, 15) is 22.8 Å². The third-order valence-electron chi connectivity index (χ3n) is 3.50. The molecule has 0 saturated carbocycles. The molecule has 2 rings (SSSR count). The van der Waals surface area contributed by atoms with E-state index in [2.05, 4.69) is 17.2 Å². The van der Waals surface area contributed by atoms with Crippen LogP contribution in [0.5, 0.6) is 0 Å². The average molecular weight is 339 g/mol. The summed E-state index contributed by atoms with van der Waals surface area (Å²) in [6, 6.07) is 4.24. The van der Waals surface area contributed by atoms with Crippen LogP contribution >= 0.6 is 0 Å². The molecule has 1 heterocycles. The minimum Gasteiger partial charge on any atom is -0.342 e. The van der Waals surface area contributed by atoms with Crippen LogP contribution in [-0.4, -0.2) is 55.0 Å². The molecule has 0 spiro atoms. The summed E-state index contributed by atoms with van der Waals surface area (Å²) < 4.78 is 37.8. The molecule has 0 bridgehead atoms. The van der Waals surface area contributed by atoms with Crippen molar-refractivity contribution in [2.24, 2.45) is 0 Å². The molecule has 0 atom stereocenters. The van der Waals surface area contributed by atoms with Crippen molar-refractivity contribution in [3.63, 3.8) is 0 Å². The first-order chi connectivity index (χ1) is 11.3. The van der Waals surface area contributed by atoms with Crippen LogP contribution in [0.15, 0.2) is 24.3 Å². The molecular weight excluding hydrogens is 323 g/mol. The lowest BCUT2D eigenvalue weighted by Crippen LogP contribution is -2.53. The zero-order valence-electron chi connectivity index (χ0n) is 13.0. The highest BCUT2D eigenvalue weighted by molar-refractivity contribution is 5.85. The Morgan fingerprint density at radius 3 is 2.75 bits per heavy atom. The Bertz CT molecular complexity index is 692. The molecule has 1 aromatic rings. The summed E-state index contributed by atoms with van der Waals surface area (Å²) >= 11 is 0. The number of carbonyl (C=O) groups is 2. The molecular formula is C16H16F3N3O2. The van der Waals surface area contributed by atoms with E-state index in [-0.39, 0.29) is 24.6 Å². The number of rotatable bonds is 1. The first-order valence-electron chi connectivity index (χ1n) is 7.20. The number of nitrogens with zero attached hydrogens (tertiary/aromatic N) is 2. The van der Waals surface area contributed by atoms with Gasteiger partial charge in [0.2, 0.25) is 5.91 Å². The summed E-state index contributed by atoms with van der Waals surface area (Å²) in [7, 11) is 1.66. The summed E-state index contributed by atoms with van der Waals surface area (Å²) in [6.07, 6.45) is -4.42. The van der Waals surface area contributed by atoms with Gasteiger partial charge in [0, 0.05) is 25.7 Å². The molecule has 1 aliphatic rings. The molecule has 1 aromatic carbocycles. The number of urea groups is 1. The van der Waals surface area contributed by atoms with E-state index >= 15 is 0 Å². The maximum absolute atomic E-state index is 12.6. The second-order valence-electron chi connectivity index (χ2n) is 5.28. The van der Waals surface area contributed by atoms with Crippen molar-refractivity contribution in [3.8, 4) is 11.8 Å².